The Kier molecular flexibility index (Phi) is 7.89. The van der Waals surface area contributed by atoms with Gasteiger partial charge in [-0.2, -0.15) is 0 Å². The topological polar surface area (TPSA) is 87.7 Å². The van der Waals surface area contributed by atoms with E-state index in [2.05, 4.69) is 17.6 Å². The highest BCUT2D eigenvalue weighted by Crippen LogP contribution is 2.30. The summed E-state index contributed by atoms with van der Waals surface area (Å²) in [6, 6.07) is 0.0861. The van der Waals surface area contributed by atoms with Gasteiger partial charge in [0.15, 0.2) is 0 Å². The average Bonchev–Trinajstić information content (AvgIpc) is 3.13. The maximum absolute atomic E-state index is 12.3. The Labute approximate surface area is 168 Å². The van der Waals surface area contributed by atoms with Gasteiger partial charge in [0, 0.05) is 25.2 Å². The molecular weight excluding hydrogens is 358 g/mol. The van der Waals surface area contributed by atoms with Crippen LogP contribution in [-0.4, -0.2) is 54.1 Å². The van der Waals surface area contributed by atoms with Crippen molar-refractivity contribution in [3.05, 3.63) is 11.6 Å². The van der Waals surface area contributed by atoms with Crippen LogP contribution >= 0.6 is 0 Å². The lowest BCUT2D eigenvalue weighted by atomic mass is 9.98. The fourth-order valence-electron chi connectivity index (χ4n) is 3.80. The highest BCUT2D eigenvalue weighted by Gasteiger charge is 2.25. The zero-order chi connectivity index (χ0) is 20.7. The van der Waals surface area contributed by atoms with Gasteiger partial charge in [0.25, 0.3) is 0 Å². The van der Waals surface area contributed by atoms with Crippen LogP contribution in [-0.2, 0) is 14.3 Å². The molecule has 0 bridgehead atoms. The van der Waals surface area contributed by atoms with Gasteiger partial charge < -0.3 is 20.3 Å². The van der Waals surface area contributed by atoms with Crippen LogP contribution in [0.3, 0.4) is 0 Å². The van der Waals surface area contributed by atoms with Crippen LogP contribution in [0.4, 0.5) is 4.79 Å². The Balaban J connectivity index is 1.69. The van der Waals surface area contributed by atoms with Crippen molar-refractivity contribution in [2.75, 3.05) is 19.6 Å². The molecular formula is C21H35N3O4. The van der Waals surface area contributed by atoms with Crippen LogP contribution in [0.2, 0.25) is 0 Å². The molecule has 0 radical (unpaired) electrons. The molecule has 2 N–H and O–H groups in total. The third kappa shape index (κ3) is 7.52. The molecule has 2 fully saturated rings. The summed E-state index contributed by atoms with van der Waals surface area (Å²) in [5.41, 5.74) is 0.588. The summed E-state index contributed by atoms with van der Waals surface area (Å²) in [7, 11) is 0. The molecule has 0 aromatic rings. The fourth-order valence-corrected chi connectivity index (χ4v) is 3.80. The highest BCUT2D eigenvalue weighted by atomic mass is 16.6. The minimum absolute atomic E-state index is 0.0271. The second-order valence-electron chi connectivity index (χ2n) is 8.89. The number of carbonyl (C=O) groups excluding carboxylic acids is 3. The Hall–Kier alpha value is -2.05. The second kappa shape index (κ2) is 9.94. The van der Waals surface area contributed by atoms with Gasteiger partial charge in [-0.1, -0.05) is 18.4 Å². The first-order chi connectivity index (χ1) is 13.1. The highest BCUT2D eigenvalue weighted by molar-refractivity contribution is 5.88. The molecule has 3 amide bonds. The number of hydrogen-bond acceptors (Lipinski definition) is 4. The summed E-state index contributed by atoms with van der Waals surface area (Å²) in [4.78, 5) is 37.9. The summed E-state index contributed by atoms with van der Waals surface area (Å²) in [6.45, 7) is 8.45. The molecule has 2 aliphatic rings. The molecule has 158 valence electrons. The van der Waals surface area contributed by atoms with Gasteiger partial charge in [-0.15, -0.1) is 0 Å². The zero-order valence-electron chi connectivity index (χ0n) is 17.7. The Morgan fingerprint density at radius 1 is 1.07 bits per heavy atom. The quantitative estimate of drug-likeness (QED) is 0.703. The molecule has 0 spiro atoms. The van der Waals surface area contributed by atoms with E-state index in [4.69, 9.17) is 4.74 Å². The van der Waals surface area contributed by atoms with Crippen molar-refractivity contribution >= 4 is 17.9 Å². The number of allylic oxidation sites excluding steroid dienone is 1. The van der Waals surface area contributed by atoms with Gasteiger partial charge >= 0.3 is 6.09 Å². The van der Waals surface area contributed by atoms with Crippen molar-refractivity contribution in [1.29, 1.82) is 0 Å². The normalized spacial score (nSPS) is 19.4. The molecule has 0 aromatic carbocycles. The molecule has 0 aromatic heterocycles. The van der Waals surface area contributed by atoms with E-state index in [0.29, 0.717) is 19.0 Å². The van der Waals surface area contributed by atoms with Crippen molar-refractivity contribution < 1.29 is 19.1 Å². The lowest BCUT2D eigenvalue weighted by molar-refractivity contribution is -0.131. The van der Waals surface area contributed by atoms with Gasteiger partial charge in [-0.05, 0) is 59.3 Å². The summed E-state index contributed by atoms with van der Waals surface area (Å²) in [5, 5.41) is 5.56. The molecule has 28 heavy (non-hydrogen) atoms. The van der Waals surface area contributed by atoms with E-state index in [1.54, 1.807) is 31.7 Å². The van der Waals surface area contributed by atoms with Crippen LogP contribution in [0.25, 0.3) is 0 Å². The molecule has 0 atom stereocenters. The van der Waals surface area contributed by atoms with Gasteiger partial charge in [-0.3, -0.25) is 9.59 Å². The number of likely N-dealkylation sites (tertiary alicyclic amines) is 1. The van der Waals surface area contributed by atoms with Crippen LogP contribution in [0.15, 0.2) is 11.6 Å². The smallest absolute Gasteiger partial charge is 0.408 e. The van der Waals surface area contributed by atoms with Crippen LogP contribution < -0.4 is 10.6 Å². The molecule has 1 saturated heterocycles. The number of amides is 3. The molecule has 2 rings (SSSR count). The van der Waals surface area contributed by atoms with Crippen molar-refractivity contribution in [2.24, 2.45) is 5.92 Å². The number of nitrogens with one attached hydrogen (secondary N) is 2. The summed E-state index contributed by atoms with van der Waals surface area (Å²) in [6.07, 6.45) is 7.49. The predicted octanol–water partition coefficient (Wildman–Crippen LogP) is 2.75. The maximum atomic E-state index is 12.3. The standard InChI is InChI=1S/C21H35N3O4/c1-15(16-7-5-6-8-16)13-18(25)23-17-9-11-24(12-10-17)19(26)14-22-20(27)28-21(2,3)4/h13,16-17H,5-12,14H2,1-4H3,(H,22,27)(H,23,25)/b15-13+. The third-order valence-electron chi connectivity index (χ3n) is 5.33. The van der Waals surface area contributed by atoms with E-state index in [-0.39, 0.29) is 24.4 Å². The molecule has 7 heteroatoms. The van der Waals surface area contributed by atoms with Gasteiger partial charge in [0.1, 0.15) is 12.1 Å². The van der Waals surface area contributed by atoms with Crippen molar-refractivity contribution in [2.45, 2.75) is 77.9 Å². The molecule has 1 heterocycles. The molecule has 7 nitrogen and oxygen atoms in total. The minimum atomic E-state index is -0.590. The zero-order valence-corrected chi connectivity index (χ0v) is 17.7. The number of carbonyl (C=O) groups is 3. The van der Waals surface area contributed by atoms with E-state index in [0.717, 1.165) is 12.8 Å². The summed E-state index contributed by atoms with van der Waals surface area (Å²) < 4.78 is 5.13. The van der Waals surface area contributed by atoms with Crippen LogP contribution in [0, 0.1) is 5.92 Å². The van der Waals surface area contributed by atoms with Crippen LogP contribution in [0.1, 0.15) is 66.2 Å². The minimum Gasteiger partial charge on any atom is -0.444 e. The summed E-state index contributed by atoms with van der Waals surface area (Å²) in [5.74, 6) is 0.399. The number of piperidine rings is 1. The van der Waals surface area contributed by atoms with Crippen molar-refractivity contribution in [1.82, 2.24) is 15.5 Å². The number of hydrogen-bond donors (Lipinski definition) is 2. The Morgan fingerprint density at radius 3 is 2.25 bits per heavy atom. The van der Waals surface area contributed by atoms with Gasteiger partial charge in [0.05, 0.1) is 0 Å². The monoisotopic (exact) mass is 393 g/mol. The third-order valence-corrected chi connectivity index (χ3v) is 5.33. The number of alkyl carbamates (subject to hydrolysis) is 1. The van der Waals surface area contributed by atoms with Crippen molar-refractivity contribution in [3.8, 4) is 0 Å². The Morgan fingerprint density at radius 2 is 1.68 bits per heavy atom. The van der Waals surface area contributed by atoms with E-state index in [1.807, 2.05) is 0 Å². The lowest BCUT2D eigenvalue weighted by Gasteiger charge is -2.32. The molecule has 1 aliphatic heterocycles. The first kappa shape index (κ1) is 22.2. The number of rotatable bonds is 5. The van der Waals surface area contributed by atoms with E-state index in [9.17, 15) is 14.4 Å². The maximum Gasteiger partial charge on any atom is 0.408 e. The lowest BCUT2D eigenvalue weighted by Crippen LogP contribution is -2.49. The number of ether oxygens (including phenoxy) is 1. The average molecular weight is 394 g/mol. The fraction of sp³-hybridized carbons (Fsp3) is 0.762. The Bertz CT molecular complexity index is 595. The molecule has 1 aliphatic carbocycles. The number of nitrogens with zero attached hydrogens (tertiary/aromatic N) is 1. The van der Waals surface area contributed by atoms with Gasteiger partial charge in [0.2, 0.25) is 11.8 Å². The first-order valence-corrected chi connectivity index (χ1v) is 10.4. The van der Waals surface area contributed by atoms with Gasteiger partial charge in [-0.25, -0.2) is 4.79 Å². The van der Waals surface area contributed by atoms with E-state index >= 15 is 0 Å². The molecule has 0 unspecified atom stereocenters. The van der Waals surface area contributed by atoms with Crippen molar-refractivity contribution in [3.63, 3.8) is 0 Å². The summed E-state index contributed by atoms with van der Waals surface area (Å²) >= 11 is 0. The SMILES string of the molecule is C/C(=C\C(=O)NC1CCN(C(=O)CNC(=O)OC(C)(C)C)CC1)C1CCCC1. The molecule has 1 saturated carbocycles. The predicted molar refractivity (Wildman–Crippen MR) is 108 cm³/mol. The largest absolute Gasteiger partial charge is 0.444 e. The first-order valence-electron chi connectivity index (χ1n) is 10.4. The van der Waals surface area contributed by atoms with E-state index < -0.39 is 11.7 Å². The second-order valence-corrected chi connectivity index (χ2v) is 8.89. The van der Waals surface area contributed by atoms with Crippen LogP contribution in [0.5, 0.6) is 0 Å². The van der Waals surface area contributed by atoms with E-state index in [1.165, 1.54) is 31.3 Å².